The summed E-state index contributed by atoms with van der Waals surface area (Å²) >= 11 is 0. The van der Waals surface area contributed by atoms with Crippen molar-refractivity contribution in [3.63, 3.8) is 0 Å². The number of hydrogen-bond donors (Lipinski definition) is 1. The van der Waals surface area contributed by atoms with Crippen molar-refractivity contribution in [3.05, 3.63) is 5.82 Å². The first kappa shape index (κ1) is 12.8. The zero-order chi connectivity index (χ0) is 13.2. The van der Waals surface area contributed by atoms with Gasteiger partial charge in [0.05, 0.1) is 0 Å². The van der Waals surface area contributed by atoms with Crippen LogP contribution in [0.25, 0.3) is 0 Å². The average Bonchev–Trinajstić information content (AvgIpc) is 3.09. The summed E-state index contributed by atoms with van der Waals surface area (Å²) in [6, 6.07) is 0.0499. The second kappa shape index (κ2) is 5.44. The van der Waals surface area contributed by atoms with Crippen LogP contribution in [0, 0.1) is 0 Å². The molecule has 1 aromatic heterocycles. The van der Waals surface area contributed by atoms with Gasteiger partial charge in [-0.2, -0.15) is 10.1 Å². The number of fused-ring (bicyclic) bond motifs is 1. The van der Waals surface area contributed by atoms with Crippen molar-refractivity contribution < 1.29 is 14.2 Å². The lowest BCUT2D eigenvalue weighted by atomic mass is 10.2. The van der Waals surface area contributed by atoms with E-state index in [0.717, 1.165) is 44.2 Å². The van der Waals surface area contributed by atoms with E-state index >= 15 is 0 Å². The van der Waals surface area contributed by atoms with Gasteiger partial charge >= 0.3 is 0 Å². The molecule has 7 heteroatoms. The maximum atomic E-state index is 5.64. The molecule has 19 heavy (non-hydrogen) atoms. The van der Waals surface area contributed by atoms with E-state index in [1.165, 1.54) is 0 Å². The third-order valence-corrected chi connectivity index (χ3v) is 3.68. The molecule has 0 aromatic carbocycles. The monoisotopic (exact) mass is 268 g/mol. The molecule has 0 radical (unpaired) electrons. The fourth-order valence-electron chi connectivity index (χ4n) is 2.73. The molecule has 1 saturated heterocycles. The lowest BCUT2D eigenvalue weighted by Crippen LogP contribution is -2.34. The van der Waals surface area contributed by atoms with Crippen LogP contribution in [0.15, 0.2) is 0 Å². The summed E-state index contributed by atoms with van der Waals surface area (Å²) in [6.07, 6.45) is 2.69. The van der Waals surface area contributed by atoms with Gasteiger partial charge in [0, 0.05) is 27.4 Å². The Kier molecular flexibility index (Phi) is 3.67. The van der Waals surface area contributed by atoms with Crippen molar-refractivity contribution in [2.75, 3.05) is 32.7 Å². The third-order valence-electron chi connectivity index (χ3n) is 3.68. The van der Waals surface area contributed by atoms with Gasteiger partial charge in [0.25, 0.3) is 0 Å². The highest BCUT2D eigenvalue weighted by atomic mass is 16.7. The van der Waals surface area contributed by atoms with Crippen LogP contribution in [0.4, 0.5) is 5.95 Å². The number of nitrogens with zero attached hydrogens (tertiary/aromatic N) is 3. The van der Waals surface area contributed by atoms with Gasteiger partial charge in [-0.15, -0.1) is 0 Å². The van der Waals surface area contributed by atoms with Crippen LogP contribution < -0.4 is 5.32 Å². The van der Waals surface area contributed by atoms with Crippen molar-refractivity contribution in [2.24, 2.45) is 0 Å². The predicted molar refractivity (Wildman–Crippen MR) is 67.9 cm³/mol. The molecule has 0 aliphatic carbocycles. The van der Waals surface area contributed by atoms with E-state index in [0.29, 0.717) is 0 Å². The van der Waals surface area contributed by atoms with E-state index in [-0.39, 0.29) is 18.4 Å². The number of rotatable bonds is 4. The van der Waals surface area contributed by atoms with Gasteiger partial charge in [-0.1, -0.05) is 0 Å². The van der Waals surface area contributed by atoms with Crippen LogP contribution >= 0.6 is 0 Å². The van der Waals surface area contributed by atoms with E-state index in [4.69, 9.17) is 14.2 Å². The van der Waals surface area contributed by atoms with Crippen LogP contribution in [0.5, 0.6) is 0 Å². The summed E-state index contributed by atoms with van der Waals surface area (Å²) in [5.41, 5.74) is 0. The molecule has 0 spiro atoms. The smallest absolute Gasteiger partial charge is 0.221 e. The van der Waals surface area contributed by atoms with E-state index < -0.39 is 0 Å². The first-order chi connectivity index (χ1) is 9.33. The van der Waals surface area contributed by atoms with Gasteiger partial charge in [-0.3, -0.25) is 0 Å². The minimum atomic E-state index is -0.306. The summed E-state index contributed by atoms with van der Waals surface area (Å²) in [5, 5.41) is 7.85. The Hall–Kier alpha value is -1.18. The Morgan fingerprint density at radius 1 is 1.37 bits per heavy atom. The Labute approximate surface area is 112 Å². The minimum Gasteiger partial charge on any atom is -0.370 e. The normalized spacial score (nSPS) is 26.5. The molecule has 3 heterocycles. The molecule has 0 bridgehead atoms. The SMILES string of the molecule is COC(OC)C1CCNc2nc(C3CCCO3)nn21. The minimum absolute atomic E-state index is 0.0316. The van der Waals surface area contributed by atoms with Gasteiger partial charge in [0.1, 0.15) is 12.1 Å². The van der Waals surface area contributed by atoms with E-state index in [1.54, 1.807) is 14.2 Å². The molecule has 2 aliphatic rings. The Morgan fingerprint density at radius 3 is 2.89 bits per heavy atom. The molecule has 2 atom stereocenters. The molecule has 2 unspecified atom stereocenters. The van der Waals surface area contributed by atoms with E-state index in [9.17, 15) is 0 Å². The maximum Gasteiger partial charge on any atom is 0.221 e. The predicted octanol–water partition coefficient (Wildman–Crippen LogP) is 1.11. The summed E-state index contributed by atoms with van der Waals surface area (Å²) in [4.78, 5) is 4.54. The molecule has 2 aliphatic heterocycles. The van der Waals surface area contributed by atoms with Gasteiger partial charge in [-0.05, 0) is 19.3 Å². The Morgan fingerprint density at radius 2 is 2.21 bits per heavy atom. The molecule has 1 fully saturated rings. The summed E-state index contributed by atoms with van der Waals surface area (Å²) in [5.74, 6) is 1.54. The summed E-state index contributed by atoms with van der Waals surface area (Å²) in [6.45, 7) is 1.64. The molecule has 0 saturated carbocycles. The van der Waals surface area contributed by atoms with Crippen LogP contribution in [0.2, 0.25) is 0 Å². The van der Waals surface area contributed by atoms with Crippen molar-refractivity contribution in [1.82, 2.24) is 14.8 Å². The third kappa shape index (κ3) is 2.33. The van der Waals surface area contributed by atoms with Crippen LogP contribution in [-0.2, 0) is 14.2 Å². The lowest BCUT2D eigenvalue weighted by Gasteiger charge is -2.29. The number of ether oxygens (including phenoxy) is 3. The van der Waals surface area contributed by atoms with Crippen LogP contribution in [0.3, 0.4) is 0 Å². The number of nitrogens with one attached hydrogen (secondary N) is 1. The molecule has 3 rings (SSSR count). The van der Waals surface area contributed by atoms with Crippen molar-refractivity contribution in [2.45, 2.75) is 37.7 Å². The quantitative estimate of drug-likeness (QED) is 0.825. The van der Waals surface area contributed by atoms with Crippen molar-refractivity contribution in [1.29, 1.82) is 0 Å². The highest BCUT2D eigenvalue weighted by Crippen LogP contribution is 2.31. The first-order valence-corrected chi connectivity index (χ1v) is 6.71. The van der Waals surface area contributed by atoms with E-state index in [1.807, 2.05) is 4.68 Å². The fourth-order valence-corrected chi connectivity index (χ4v) is 2.73. The molecule has 7 nitrogen and oxygen atoms in total. The van der Waals surface area contributed by atoms with Crippen LogP contribution in [-0.4, -0.2) is 48.4 Å². The van der Waals surface area contributed by atoms with Crippen LogP contribution in [0.1, 0.15) is 37.2 Å². The zero-order valence-corrected chi connectivity index (χ0v) is 11.3. The number of hydrogen-bond acceptors (Lipinski definition) is 6. The highest BCUT2D eigenvalue weighted by molar-refractivity contribution is 5.28. The van der Waals surface area contributed by atoms with Crippen molar-refractivity contribution in [3.8, 4) is 0 Å². The zero-order valence-electron chi connectivity index (χ0n) is 11.3. The molecular formula is C12H20N4O3. The van der Waals surface area contributed by atoms with Gasteiger partial charge in [-0.25, -0.2) is 4.68 Å². The standard InChI is InChI=1S/C12H20N4O3/c1-17-11(18-2)8-5-6-13-12-14-10(15-16(8)12)9-4-3-7-19-9/h8-9,11H,3-7H2,1-2H3,(H,13,14,15). The number of aromatic nitrogens is 3. The largest absolute Gasteiger partial charge is 0.370 e. The molecule has 1 aromatic rings. The lowest BCUT2D eigenvalue weighted by molar-refractivity contribution is -0.135. The average molecular weight is 268 g/mol. The second-order valence-corrected chi connectivity index (χ2v) is 4.86. The molecule has 0 amide bonds. The fraction of sp³-hybridized carbons (Fsp3) is 0.833. The second-order valence-electron chi connectivity index (χ2n) is 4.86. The number of anilines is 1. The van der Waals surface area contributed by atoms with Crippen molar-refractivity contribution >= 4 is 5.95 Å². The molecule has 1 N–H and O–H groups in total. The maximum absolute atomic E-state index is 5.64. The first-order valence-electron chi connectivity index (χ1n) is 6.71. The summed E-state index contributed by atoms with van der Waals surface area (Å²) in [7, 11) is 3.29. The highest BCUT2D eigenvalue weighted by Gasteiger charge is 2.32. The van der Waals surface area contributed by atoms with Gasteiger partial charge in [0.2, 0.25) is 5.95 Å². The Balaban J connectivity index is 1.86. The van der Waals surface area contributed by atoms with Gasteiger partial charge < -0.3 is 19.5 Å². The van der Waals surface area contributed by atoms with E-state index in [2.05, 4.69) is 15.4 Å². The topological polar surface area (TPSA) is 70.4 Å². The Bertz CT molecular complexity index is 427. The van der Waals surface area contributed by atoms with Gasteiger partial charge in [0.15, 0.2) is 12.1 Å². The summed E-state index contributed by atoms with van der Waals surface area (Å²) < 4.78 is 18.2. The molecular weight excluding hydrogens is 248 g/mol. The molecule has 106 valence electrons. The number of methoxy groups -OCH3 is 2.